The first-order valence-electron chi connectivity index (χ1n) is 7.73. The number of hydrogen-bond donors (Lipinski definition) is 0. The van der Waals surface area contributed by atoms with E-state index in [0.29, 0.717) is 20.8 Å². The monoisotopic (exact) mass is 362 g/mol. The lowest BCUT2D eigenvalue weighted by atomic mass is 10.1. The number of aryl methyl sites for hydroxylation is 1. The van der Waals surface area contributed by atoms with Gasteiger partial charge in [-0.05, 0) is 42.3 Å². The molecule has 5 nitrogen and oxygen atoms in total. The van der Waals surface area contributed by atoms with E-state index in [2.05, 4.69) is 11.1 Å². The summed E-state index contributed by atoms with van der Waals surface area (Å²) in [7, 11) is 1.34. The molecule has 0 spiro atoms. The fourth-order valence-corrected chi connectivity index (χ4v) is 3.51. The van der Waals surface area contributed by atoms with E-state index < -0.39 is 5.97 Å². The summed E-state index contributed by atoms with van der Waals surface area (Å²) in [5.74, 6) is -0.590. The molecule has 0 amide bonds. The van der Waals surface area contributed by atoms with E-state index in [1.807, 2.05) is 6.92 Å². The van der Waals surface area contributed by atoms with Gasteiger partial charge in [-0.25, -0.2) is 9.78 Å². The number of nitriles is 1. The second kappa shape index (κ2) is 7.30. The second-order valence-corrected chi connectivity index (χ2v) is 6.55. The van der Waals surface area contributed by atoms with Crippen LogP contribution in [0.2, 0.25) is 0 Å². The zero-order valence-corrected chi connectivity index (χ0v) is 15.0. The highest BCUT2D eigenvalue weighted by molar-refractivity contribution is 7.20. The first kappa shape index (κ1) is 17.5. The van der Waals surface area contributed by atoms with Gasteiger partial charge in [-0.3, -0.25) is 4.79 Å². The highest BCUT2D eigenvalue weighted by Crippen LogP contribution is 2.30. The lowest BCUT2D eigenvalue weighted by Crippen LogP contribution is -1.99. The Hall–Kier alpha value is -3.30. The number of ether oxygens (including phenoxy) is 1. The molecule has 3 aromatic rings. The average molecular weight is 362 g/mol. The Balaban J connectivity index is 1.88. The summed E-state index contributed by atoms with van der Waals surface area (Å²) in [6.45, 7) is 1.81. The molecule has 26 heavy (non-hydrogen) atoms. The molecule has 0 aliphatic carbocycles. The van der Waals surface area contributed by atoms with Crippen molar-refractivity contribution in [3.63, 3.8) is 0 Å². The van der Waals surface area contributed by atoms with Crippen LogP contribution < -0.4 is 0 Å². The van der Waals surface area contributed by atoms with Gasteiger partial charge in [0.05, 0.1) is 18.7 Å². The molecule has 0 bridgehead atoms. The third-order valence-corrected chi connectivity index (χ3v) is 5.11. The highest BCUT2D eigenvalue weighted by Gasteiger charge is 2.17. The van der Waals surface area contributed by atoms with Crippen molar-refractivity contribution in [3.05, 3.63) is 69.7 Å². The number of esters is 1. The Bertz CT molecular complexity index is 1070. The molecule has 128 valence electrons. The number of pyridine rings is 1. The Labute approximate surface area is 154 Å². The molecule has 0 aliphatic rings. The van der Waals surface area contributed by atoms with Crippen LogP contribution in [-0.2, 0) is 4.74 Å². The van der Waals surface area contributed by atoms with Crippen molar-refractivity contribution in [3.8, 4) is 6.07 Å². The van der Waals surface area contributed by atoms with Crippen molar-refractivity contribution in [2.45, 2.75) is 6.92 Å². The van der Waals surface area contributed by atoms with Gasteiger partial charge in [0, 0.05) is 17.1 Å². The van der Waals surface area contributed by atoms with E-state index in [9.17, 15) is 9.59 Å². The first-order chi connectivity index (χ1) is 12.5. The summed E-state index contributed by atoms with van der Waals surface area (Å²) < 4.78 is 4.77. The molecule has 0 fully saturated rings. The normalized spacial score (nSPS) is 10.8. The maximum Gasteiger partial charge on any atom is 0.348 e. The van der Waals surface area contributed by atoms with Crippen molar-refractivity contribution in [2.24, 2.45) is 0 Å². The van der Waals surface area contributed by atoms with Crippen LogP contribution in [0.15, 0.2) is 42.6 Å². The lowest BCUT2D eigenvalue weighted by Gasteiger charge is -1.98. The Morgan fingerprint density at radius 2 is 2.00 bits per heavy atom. The SMILES string of the molecule is COC(=O)c1sc2ncc(C(=O)C=Cc3ccc(C#N)cc3)cc2c1C. The number of carbonyl (C=O) groups is 2. The van der Waals surface area contributed by atoms with E-state index in [1.165, 1.54) is 30.7 Å². The third-order valence-electron chi connectivity index (χ3n) is 3.92. The molecule has 0 N–H and O–H groups in total. The summed E-state index contributed by atoms with van der Waals surface area (Å²) in [6, 6.07) is 10.7. The molecule has 0 saturated heterocycles. The summed E-state index contributed by atoms with van der Waals surface area (Å²) in [5, 5.41) is 9.57. The number of benzene rings is 1. The highest BCUT2D eigenvalue weighted by atomic mass is 32.1. The summed E-state index contributed by atoms with van der Waals surface area (Å²) in [5.41, 5.74) is 2.60. The fraction of sp³-hybridized carbons (Fsp3) is 0.100. The number of methoxy groups -OCH3 is 1. The molecule has 0 radical (unpaired) electrons. The summed E-state index contributed by atoms with van der Waals surface area (Å²) in [6.07, 6.45) is 4.66. The predicted molar refractivity (Wildman–Crippen MR) is 100 cm³/mol. The number of thiophene rings is 1. The van der Waals surface area contributed by atoms with Crippen molar-refractivity contribution >= 4 is 39.4 Å². The number of ketones is 1. The summed E-state index contributed by atoms with van der Waals surface area (Å²) >= 11 is 1.25. The molecule has 2 aromatic heterocycles. The van der Waals surface area contributed by atoms with Crippen LogP contribution in [0.25, 0.3) is 16.3 Å². The second-order valence-electron chi connectivity index (χ2n) is 5.56. The Morgan fingerprint density at radius 1 is 1.27 bits per heavy atom. The van der Waals surface area contributed by atoms with Gasteiger partial charge in [0.1, 0.15) is 9.71 Å². The van der Waals surface area contributed by atoms with Gasteiger partial charge < -0.3 is 4.74 Å². The van der Waals surface area contributed by atoms with Crippen LogP contribution in [-0.4, -0.2) is 23.8 Å². The number of carbonyl (C=O) groups excluding carboxylic acids is 2. The van der Waals surface area contributed by atoms with E-state index in [4.69, 9.17) is 10.00 Å². The number of aromatic nitrogens is 1. The molecule has 6 heteroatoms. The molecule has 3 rings (SSSR count). The van der Waals surface area contributed by atoms with E-state index >= 15 is 0 Å². The van der Waals surface area contributed by atoms with Crippen LogP contribution in [0.3, 0.4) is 0 Å². The van der Waals surface area contributed by atoms with Gasteiger partial charge in [-0.1, -0.05) is 18.2 Å². The third kappa shape index (κ3) is 3.39. The Kier molecular flexibility index (Phi) is 4.92. The lowest BCUT2D eigenvalue weighted by molar-refractivity contribution is 0.0605. The van der Waals surface area contributed by atoms with Crippen LogP contribution >= 0.6 is 11.3 Å². The van der Waals surface area contributed by atoms with Gasteiger partial charge in [-0.15, -0.1) is 11.3 Å². The molecule has 0 aliphatic heterocycles. The zero-order valence-electron chi connectivity index (χ0n) is 14.1. The summed E-state index contributed by atoms with van der Waals surface area (Å²) in [4.78, 5) is 29.7. The minimum Gasteiger partial charge on any atom is -0.465 e. The molecule has 0 saturated carbocycles. The number of rotatable bonds is 4. The molecule has 2 heterocycles. The van der Waals surface area contributed by atoms with Crippen molar-refractivity contribution in [1.29, 1.82) is 5.26 Å². The number of nitrogens with zero attached hydrogens (tertiary/aromatic N) is 2. The van der Waals surface area contributed by atoms with Crippen LogP contribution in [0.4, 0.5) is 0 Å². The van der Waals surface area contributed by atoms with Gasteiger partial charge in [-0.2, -0.15) is 5.26 Å². The largest absolute Gasteiger partial charge is 0.465 e. The maximum atomic E-state index is 12.4. The van der Waals surface area contributed by atoms with Gasteiger partial charge in [0.25, 0.3) is 0 Å². The van der Waals surface area contributed by atoms with Crippen LogP contribution in [0.1, 0.15) is 36.7 Å². The fourth-order valence-electron chi connectivity index (χ4n) is 2.46. The minimum absolute atomic E-state index is 0.186. The van der Waals surface area contributed by atoms with Gasteiger partial charge in [0.15, 0.2) is 5.78 Å². The predicted octanol–water partition coefficient (Wildman–Crippen LogP) is 4.16. The first-order valence-corrected chi connectivity index (χ1v) is 8.55. The molecule has 0 atom stereocenters. The molecular formula is C20H14N2O3S. The van der Waals surface area contributed by atoms with Gasteiger partial charge in [0.2, 0.25) is 0 Å². The van der Waals surface area contributed by atoms with E-state index in [-0.39, 0.29) is 5.78 Å². The van der Waals surface area contributed by atoms with Crippen LogP contribution in [0.5, 0.6) is 0 Å². The molecule has 1 aromatic carbocycles. The number of hydrogen-bond acceptors (Lipinski definition) is 6. The van der Waals surface area contributed by atoms with Gasteiger partial charge >= 0.3 is 5.97 Å². The maximum absolute atomic E-state index is 12.4. The van der Waals surface area contributed by atoms with E-state index in [1.54, 1.807) is 36.4 Å². The smallest absolute Gasteiger partial charge is 0.348 e. The topological polar surface area (TPSA) is 80.0 Å². The van der Waals surface area contributed by atoms with E-state index in [0.717, 1.165) is 16.5 Å². The average Bonchev–Trinajstić information content (AvgIpc) is 3.02. The minimum atomic E-state index is -0.404. The number of allylic oxidation sites excluding steroid dienone is 1. The Morgan fingerprint density at radius 3 is 2.65 bits per heavy atom. The van der Waals surface area contributed by atoms with Crippen LogP contribution in [0, 0.1) is 18.3 Å². The molecule has 0 unspecified atom stereocenters. The molecular weight excluding hydrogens is 348 g/mol. The standard InChI is InChI=1S/C20H14N2O3S/c1-12-16-9-15(11-22-19(16)26-18(12)20(24)25-2)17(23)8-7-13-3-5-14(10-21)6-4-13/h3-9,11H,1-2H3. The van der Waals surface area contributed by atoms with Crippen molar-refractivity contribution in [1.82, 2.24) is 4.98 Å². The van der Waals surface area contributed by atoms with Crippen molar-refractivity contribution < 1.29 is 14.3 Å². The van der Waals surface area contributed by atoms with Crippen molar-refractivity contribution in [2.75, 3.05) is 7.11 Å². The quantitative estimate of drug-likeness (QED) is 0.395. The number of fused-ring (bicyclic) bond motifs is 1. The zero-order chi connectivity index (χ0) is 18.7.